The zero-order valence-corrected chi connectivity index (χ0v) is 10.6. The van der Waals surface area contributed by atoms with Gasteiger partial charge in [-0.1, -0.05) is 49.5 Å². The van der Waals surface area contributed by atoms with E-state index in [-0.39, 0.29) is 0 Å². The van der Waals surface area contributed by atoms with Gasteiger partial charge in [0.05, 0.1) is 0 Å². The Balaban J connectivity index is 2.45. The summed E-state index contributed by atoms with van der Waals surface area (Å²) < 4.78 is 0. The lowest BCUT2D eigenvalue weighted by Crippen LogP contribution is -2.49. The summed E-state index contributed by atoms with van der Waals surface area (Å²) in [5.41, 5.74) is 9.69. The summed E-state index contributed by atoms with van der Waals surface area (Å²) >= 11 is 0. The molecule has 0 atom stereocenters. The van der Waals surface area contributed by atoms with Gasteiger partial charge in [-0.25, -0.2) is 0 Å². The molecule has 2 N–H and O–H groups in total. The van der Waals surface area contributed by atoms with Gasteiger partial charge in [-0.15, -0.1) is 0 Å². The number of rotatable bonds is 0. The van der Waals surface area contributed by atoms with Gasteiger partial charge < -0.3 is 5.73 Å². The van der Waals surface area contributed by atoms with Crippen LogP contribution in [0.3, 0.4) is 0 Å². The van der Waals surface area contributed by atoms with Crippen molar-refractivity contribution < 1.29 is 0 Å². The van der Waals surface area contributed by atoms with Gasteiger partial charge in [-0.2, -0.15) is 0 Å². The number of hydrogen-bond donors (Lipinski definition) is 1. The van der Waals surface area contributed by atoms with Crippen LogP contribution >= 0.6 is 0 Å². The number of nitrogen functional groups attached to an aromatic ring is 1. The molecule has 2 aromatic rings. The molecule has 0 unspecified atom stereocenters. The molecular formula is C14H15NSi. The average Bonchev–Trinajstić information content (AvgIpc) is 2.51. The molecule has 1 nitrogen and oxygen atoms in total. The third-order valence-corrected chi connectivity index (χ3v) is 7.19. The highest BCUT2D eigenvalue weighted by Gasteiger charge is 2.37. The van der Waals surface area contributed by atoms with Crippen LogP contribution < -0.4 is 16.1 Å². The van der Waals surface area contributed by atoms with Crippen LogP contribution in [-0.2, 0) is 0 Å². The van der Waals surface area contributed by atoms with E-state index in [2.05, 4.69) is 49.5 Å². The minimum absolute atomic E-state index is 0.919. The molecule has 16 heavy (non-hydrogen) atoms. The largest absolute Gasteiger partial charge is 0.398 e. The quantitative estimate of drug-likeness (QED) is 0.539. The van der Waals surface area contributed by atoms with E-state index in [0.29, 0.717) is 0 Å². The van der Waals surface area contributed by atoms with E-state index in [1.165, 1.54) is 21.5 Å². The van der Waals surface area contributed by atoms with E-state index in [1.807, 2.05) is 6.07 Å². The summed E-state index contributed by atoms with van der Waals surface area (Å²) in [6.07, 6.45) is 0. The van der Waals surface area contributed by atoms with Crippen molar-refractivity contribution in [2.45, 2.75) is 13.1 Å². The lowest BCUT2D eigenvalue weighted by Gasteiger charge is -2.18. The fourth-order valence-electron chi connectivity index (χ4n) is 2.78. The Labute approximate surface area is 96.9 Å². The standard InChI is InChI=1S/C14H15NSi/c1-16(2)12-8-4-3-6-10(12)14-11(15)7-5-9-13(14)16/h3-9H,15H2,1-2H3. The summed E-state index contributed by atoms with van der Waals surface area (Å²) in [5.74, 6) is 0. The SMILES string of the molecule is C[Si]1(C)c2ccccc2-c2c(N)cccc21. The highest BCUT2D eigenvalue weighted by atomic mass is 28.3. The van der Waals surface area contributed by atoms with Crippen LogP contribution in [0.2, 0.25) is 13.1 Å². The van der Waals surface area contributed by atoms with E-state index >= 15 is 0 Å². The molecule has 0 spiro atoms. The Morgan fingerprint density at radius 3 is 2.38 bits per heavy atom. The Kier molecular flexibility index (Phi) is 1.80. The Bertz CT molecular complexity index is 573. The fraction of sp³-hybridized carbons (Fsp3) is 0.143. The molecule has 1 aliphatic rings. The van der Waals surface area contributed by atoms with Crippen LogP contribution in [0.1, 0.15) is 0 Å². The highest BCUT2D eigenvalue weighted by molar-refractivity contribution is 7.04. The molecule has 0 saturated carbocycles. The number of hydrogen-bond acceptors (Lipinski definition) is 1. The zero-order valence-electron chi connectivity index (χ0n) is 9.62. The summed E-state index contributed by atoms with van der Waals surface area (Å²) in [6.45, 7) is 4.80. The average molecular weight is 225 g/mol. The summed E-state index contributed by atoms with van der Waals surface area (Å²) in [5, 5.41) is 3.00. The Morgan fingerprint density at radius 2 is 1.56 bits per heavy atom. The Morgan fingerprint density at radius 1 is 0.875 bits per heavy atom. The van der Waals surface area contributed by atoms with E-state index < -0.39 is 8.07 Å². The first-order valence-electron chi connectivity index (χ1n) is 5.61. The Hall–Kier alpha value is -1.54. The van der Waals surface area contributed by atoms with Crippen molar-refractivity contribution in [2.24, 2.45) is 0 Å². The van der Waals surface area contributed by atoms with Gasteiger partial charge in [-0.3, -0.25) is 0 Å². The molecule has 2 heteroatoms. The van der Waals surface area contributed by atoms with Gasteiger partial charge in [0.2, 0.25) is 0 Å². The zero-order chi connectivity index (χ0) is 11.3. The summed E-state index contributed by atoms with van der Waals surface area (Å²) in [4.78, 5) is 0. The monoisotopic (exact) mass is 225 g/mol. The first-order chi connectivity index (χ1) is 7.62. The predicted molar refractivity (Wildman–Crippen MR) is 73.0 cm³/mol. The number of nitrogens with two attached hydrogens (primary N) is 1. The van der Waals surface area contributed by atoms with Gasteiger partial charge in [0.1, 0.15) is 8.07 Å². The molecule has 1 aliphatic heterocycles. The third-order valence-electron chi connectivity index (χ3n) is 3.64. The smallest absolute Gasteiger partial charge is 0.113 e. The van der Waals surface area contributed by atoms with Crippen molar-refractivity contribution >= 4 is 24.1 Å². The normalized spacial score (nSPS) is 15.6. The van der Waals surface area contributed by atoms with Crippen LogP contribution in [0.4, 0.5) is 5.69 Å². The van der Waals surface area contributed by atoms with Crippen molar-refractivity contribution in [2.75, 3.05) is 5.73 Å². The molecule has 80 valence electrons. The molecule has 2 aromatic carbocycles. The van der Waals surface area contributed by atoms with Gasteiger partial charge in [-0.05, 0) is 22.0 Å². The highest BCUT2D eigenvalue weighted by Crippen LogP contribution is 2.31. The van der Waals surface area contributed by atoms with Crippen LogP contribution in [0.5, 0.6) is 0 Å². The molecule has 1 heterocycles. The van der Waals surface area contributed by atoms with Crippen molar-refractivity contribution in [3.05, 3.63) is 42.5 Å². The van der Waals surface area contributed by atoms with E-state index in [0.717, 1.165) is 5.69 Å². The lowest BCUT2D eigenvalue weighted by atomic mass is 10.0. The van der Waals surface area contributed by atoms with Crippen LogP contribution in [0.15, 0.2) is 42.5 Å². The van der Waals surface area contributed by atoms with Gasteiger partial charge in [0, 0.05) is 11.3 Å². The summed E-state index contributed by atoms with van der Waals surface area (Å²) in [6, 6.07) is 15.0. The molecular weight excluding hydrogens is 210 g/mol. The molecule has 0 saturated heterocycles. The summed E-state index contributed by atoms with van der Waals surface area (Å²) in [7, 11) is -1.49. The topological polar surface area (TPSA) is 26.0 Å². The second-order valence-corrected chi connectivity index (χ2v) is 9.27. The second-order valence-electron chi connectivity index (χ2n) is 4.94. The molecule has 0 aliphatic carbocycles. The minimum atomic E-state index is -1.49. The van der Waals surface area contributed by atoms with E-state index in [4.69, 9.17) is 5.73 Å². The maximum Gasteiger partial charge on any atom is 0.113 e. The lowest BCUT2D eigenvalue weighted by molar-refractivity contribution is 1.69. The second kappa shape index (κ2) is 2.98. The van der Waals surface area contributed by atoms with Gasteiger partial charge in [0.15, 0.2) is 0 Å². The molecule has 3 rings (SSSR count). The van der Waals surface area contributed by atoms with E-state index in [1.54, 1.807) is 0 Å². The van der Waals surface area contributed by atoms with Gasteiger partial charge in [0.25, 0.3) is 0 Å². The minimum Gasteiger partial charge on any atom is -0.398 e. The van der Waals surface area contributed by atoms with E-state index in [9.17, 15) is 0 Å². The first kappa shape index (κ1) is 9.67. The molecule has 0 bridgehead atoms. The number of anilines is 1. The molecule has 0 aromatic heterocycles. The first-order valence-corrected chi connectivity index (χ1v) is 8.61. The molecule has 0 amide bonds. The van der Waals surface area contributed by atoms with Crippen molar-refractivity contribution in [3.63, 3.8) is 0 Å². The van der Waals surface area contributed by atoms with Crippen LogP contribution in [0.25, 0.3) is 11.1 Å². The predicted octanol–water partition coefficient (Wildman–Crippen LogP) is 2.07. The van der Waals surface area contributed by atoms with Crippen molar-refractivity contribution in [1.82, 2.24) is 0 Å². The third kappa shape index (κ3) is 1.05. The van der Waals surface area contributed by atoms with Crippen LogP contribution in [-0.4, -0.2) is 8.07 Å². The van der Waals surface area contributed by atoms with Gasteiger partial charge >= 0.3 is 0 Å². The number of fused-ring (bicyclic) bond motifs is 3. The van der Waals surface area contributed by atoms with Crippen molar-refractivity contribution in [3.8, 4) is 11.1 Å². The maximum atomic E-state index is 6.13. The maximum absolute atomic E-state index is 6.13. The number of benzene rings is 2. The molecule has 0 fully saturated rings. The molecule has 0 radical (unpaired) electrons. The fourth-order valence-corrected chi connectivity index (χ4v) is 5.88. The van der Waals surface area contributed by atoms with Crippen LogP contribution in [0, 0.1) is 0 Å². The van der Waals surface area contributed by atoms with Crippen molar-refractivity contribution in [1.29, 1.82) is 0 Å².